The lowest BCUT2D eigenvalue weighted by Crippen LogP contribution is -3.09. The molecule has 3 nitrogen and oxygen atoms in total. The fourth-order valence-corrected chi connectivity index (χ4v) is 3.56. The van der Waals surface area contributed by atoms with Crippen LogP contribution >= 0.6 is 12.2 Å². The van der Waals surface area contributed by atoms with E-state index >= 15 is 0 Å². The van der Waals surface area contributed by atoms with Gasteiger partial charge in [0.1, 0.15) is 6.54 Å². The third kappa shape index (κ3) is 4.56. The van der Waals surface area contributed by atoms with E-state index in [1.165, 1.54) is 23.2 Å². The molecule has 1 unspecified atom stereocenters. The fraction of sp³-hybridized carbons (Fsp3) is 0.350. The van der Waals surface area contributed by atoms with E-state index in [4.69, 9.17) is 12.2 Å². The summed E-state index contributed by atoms with van der Waals surface area (Å²) in [4.78, 5) is 1.62. The molecule has 0 saturated carbocycles. The van der Waals surface area contributed by atoms with Gasteiger partial charge in [0.05, 0.1) is 19.1 Å². The van der Waals surface area contributed by atoms with Crippen molar-refractivity contribution in [2.45, 2.75) is 32.9 Å². The number of rotatable bonds is 4. The Balaban J connectivity index is 1.48. The molecule has 1 aliphatic rings. The highest BCUT2D eigenvalue weighted by atomic mass is 32.1. The second-order valence-corrected chi connectivity index (χ2v) is 7.16. The Hall–Kier alpha value is -1.91. The Morgan fingerprint density at radius 2 is 1.92 bits per heavy atom. The summed E-state index contributed by atoms with van der Waals surface area (Å²) < 4.78 is 0. The Morgan fingerprint density at radius 1 is 1.12 bits per heavy atom. The van der Waals surface area contributed by atoms with Crippen LogP contribution in [0.5, 0.6) is 0 Å². The third-order valence-corrected chi connectivity index (χ3v) is 5.00. The first kappa shape index (κ1) is 16.9. The minimum Gasteiger partial charge on any atom is -0.354 e. The van der Waals surface area contributed by atoms with Crippen molar-refractivity contribution >= 4 is 23.0 Å². The highest BCUT2D eigenvalue weighted by molar-refractivity contribution is 7.80. The summed E-state index contributed by atoms with van der Waals surface area (Å²) >= 11 is 5.49. The lowest BCUT2D eigenvalue weighted by Gasteiger charge is -2.16. The van der Waals surface area contributed by atoms with Gasteiger partial charge >= 0.3 is 0 Å². The molecule has 1 heterocycles. The molecular weight excluding hydrogens is 314 g/mol. The minimum absolute atomic E-state index is 0.454. The molecule has 1 fully saturated rings. The summed E-state index contributed by atoms with van der Waals surface area (Å²) in [6.07, 6.45) is 1.16. The molecule has 0 aromatic heterocycles. The highest BCUT2D eigenvalue weighted by Crippen LogP contribution is 2.14. The van der Waals surface area contributed by atoms with Crippen LogP contribution in [0.1, 0.15) is 23.1 Å². The van der Waals surface area contributed by atoms with E-state index in [0.717, 1.165) is 30.3 Å². The van der Waals surface area contributed by atoms with Gasteiger partial charge in [-0.2, -0.15) is 0 Å². The van der Waals surface area contributed by atoms with Crippen molar-refractivity contribution in [1.29, 1.82) is 0 Å². The zero-order valence-electron chi connectivity index (χ0n) is 14.4. The molecule has 2 atom stereocenters. The monoisotopic (exact) mass is 340 g/mol. The molecular formula is C20H26N3S+. The molecule has 2 aromatic carbocycles. The van der Waals surface area contributed by atoms with Gasteiger partial charge in [0.15, 0.2) is 5.11 Å². The molecule has 1 saturated heterocycles. The van der Waals surface area contributed by atoms with Crippen LogP contribution in [0.4, 0.5) is 5.69 Å². The maximum atomic E-state index is 5.49. The smallest absolute Gasteiger partial charge is 0.171 e. The first-order chi connectivity index (χ1) is 11.6. The summed E-state index contributed by atoms with van der Waals surface area (Å²) in [7, 11) is 0. The summed E-state index contributed by atoms with van der Waals surface area (Å²) in [6, 6.07) is 17.5. The average Bonchev–Trinajstić information content (AvgIpc) is 2.99. The minimum atomic E-state index is 0.454. The number of hydrogen-bond acceptors (Lipinski definition) is 1. The second-order valence-electron chi connectivity index (χ2n) is 6.75. The Labute approximate surface area is 150 Å². The SMILES string of the molecule is Cc1ccc(NC(=S)N[C@@H]2CC[NH+](Cc3ccccc3)C2)cc1C. The van der Waals surface area contributed by atoms with E-state index in [-0.39, 0.29) is 0 Å². The summed E-state index contributed by atoms with van der Waals surface area (Å²) in [5, 5.41) is 7.52. The van der Waals surface area contributed by atoms with Crippen molar-refractivity contribution in [3.05, 3.63) is 65.2 Å². The molecule has 0 aliphatic carbocycles. The molecule has 0 amide bonds. The van der Waals surface area contributed by atoms with Crippen LogP contribution in [-0.2, 0) is 6.54 Å². The molecule has 1 aliphatic heterocycles. The van der Waals surface area contributed by atoms with Crippen molar-refractivity contribution in [2.24, 2.45) is 0 Å². The maximum Gasteiger partial charge on any atom is 0.171 e. The van der Waals surface area contributed by atoms with Gasteiger partial charge in [-0.3, -0.25) is 0 Å². The average molecular weight is 341 g/mol. The van der Waals surface area contributed by atoms with E-state index in [9.17, 15) is 0 Å². The van der Waals surface area contributed by atoms with Crippen LogP contribution in [-0.4, -0.2) is 24.2 Å². The lowest BCUT2D eigenvalue weighted by molar-refractivity contribution is -0.901. The van der Waals surface area contributed by atoms with Gasteiger partial charge in [-0.1, -0.05) is 36.4 Å². The maximum absolute atomic E-state index is 5.49. The quantitative estimate of drug-likeness (QED) is 0.747. The molecule has 126 valence electrons. The van der Waals surface area contributed by atoms with Gasteiger partial charge < -0.3 is 15.5 Å². The van der Waals surface area contributed by atoms with Crippen molar-refractivity contribution in [3.63, 3.8) is 0 Å². The number of benzene rings is 2. The van der Waals surface area contributed by atoms with Crippen molar-refractivity contribution in [3.8, 4) is 0 Å². The molecule has 24 heavy (non-hydrogen) atoms. The number of aryl methyl sites for hydroxylation is 2. The topological polar surface area (TPSA) is 28.5 Å². The first-order valence-electron chi connectivity index (χ1n) is 8.62. The summed E-state index contributed by atoms with van der Waals surface area (Å²) in [5.41, 5.74) is 5.04. The largest absolute Gasteiger partial charge is 0.354 e. The van der Waals surface area contributed by atoms with Gasteiger partial charge in [0, 0.05) is 17.7 Å². The highest BCUT2D eigenvalue weighted by Gasteiger charge is 2.26. The zero-order valence-corrected chi connectivity index (χ0v) is 15.2. The summed E-state index contributed by atoms with van der Waals surface area (Å²) in [5.74, 6) is 0. The van der Waals surface area contributed by atoms with Gasteiger partial charge in [-0.05, 0) is 49.3 Å². The number of thiocarbonyl (C=S) groups is 1. The van der Waals surface area contributed by atoms with Gasteiger partial charge in [0.25, 0.3) is 0 Å². The van der Waals surface area contributed by atoms with Crippen LogP contribution < -0.4 is 15.5 Å². The van der Waals surface area contributed by atoms with E-state index < -0.39 is 0 Å². The van der Waals surface area contributed by atoms with E-state index in [1.807, 2.05) is 0 Å². The van der Waals surface area contributed by atoms with Crippen molar-refractivity contribution in [2.75, 3.05) is 18.4 Å². The predicted octanol–water partition coefficient (Wildman–Crippen LogP) is 2.45. The first-order valence-corrected chi connectivity index (χ1v) is 9.03. The standard InChI is InChI=1S/C20H25N3S/c1-15-8-9-18(12-16(15)2)21-20(24)22-19-10-11-23(14-19)13-17-6-4-3-5-7-17/h3-9,12,19H,10-11,13-14H2,1-2H3,(H2,21,22,24)/p+1/t19-/m1/s1. The molecule has 0 bridgehead atoms. The van der Waals surface area contributed by atoms with Gasteiger partial charge in [-0.25, -0.2) is 0 Å². The van der Waals surface area contributed by atoms with Crippen LogP contribution in [0.3, 0.4) is 0 Å². The fourth-order valence-electron chi connectivity index (χ4n) is 3.27. The number of anilines is 1. The molecule has 0 radical (unpaired) electrons. The van der Waals surface area contributed by atoms with Crippen LogP contribution in [0.15, 0.2) is 48.5 Å². The van der Waals surface area contributed by atoms with Crippen LogP contribution in [0.2, 0.25) is 0 Å². The van der Waals surface area contributed by atoms with E-state index in [1.54, 1.807) is 4.90 Å². The second kappa shape index (κ2) is 7.77. The Morgan fingerprint density at radius 3 is 2.67 bits per heavy atom. The zero-order chi connectivity index (χ0) is 16.9. The van der Waals surface area contributed by atoms with Crippen LogP contribution in [0, 0.1) is 13.8 Å². The number of quaternary nitrogens is 1. The van der Waals surface area contributed by atoms with Crippen molar-refractivity contribution < 1.29 is 4.90 Å². The molecule has 3 rings (SSSR count). The summed E-state index contributed by atoms with van der Waals surface area (Å²) in [6.45, 7) is 7.65. The normalized spacial score (nSPS) is 19.9. The Bertz CT molecular complexity index is 699. The van der Waals surface area contributed by atoms with Gasteiger partial charge in [0.2, 0.25) is 0 Å². The van der Waals surface area contributed by atoms with Gasteiger partial charge in [-0.15, -0.1) is 0 Å². The van der Waals surface area contributed by atoms with E-state index in [2.05, 4.69) is 73.0 Å². The van der Waals surface area contributed by atoms with Crippen LogP contribution in [0.25, 0.3) is 0 Å². The molecule has 0 spiro atoms. The molecule has 3 N–H and O–H groups in total. The van der Waals surface area contributed by atoms with E-state index in [0.29, 0.717) is 6.04 Å². The lowest BCUT2D eigenvalue weighted by atomic mass is 10.1. The molecule has 2 aromatic rings. The number of hydrogen-bond donors (Lipinski definition) is 3. The van der Waals surface area contributed by atoms with Crippen molar-refractivity contribution in [1.82, 2.24) is 5.32 Å². The number of nitrogens with one attached hydrogen (secondary N) is 3. The number of likely N-dealkylation sites (tertiary alicyclic amines) is 1. The predicted molar refractivity (Wildman–Crippen MR) is 105 cm³/mol. The third-order valence-electron chi connectivity index (χ3n) is 4.78. The Kier molecular flexibility index (Phi) is 5.48. The molecule has 4 heteroatoms.